The molecule has 2 heterocycles. The molecule has 3 aromatic rings. The van der Waals surface area contributed by atoms with Crippen LogP contribution in [0.2, 0.25) is 0 Å². The first-order chi connectivity index (χ1) is 13.2. The van der Waals surface area contributed by atoms with Gasteiger partial charge in [-0.15, -0.1) is 0 Å². The first-order valence-corrected chi connectivity index (χ1v) is 8.83. The minimum atomic E-state index is -1.04. The third kappa shape index (κ3) is 3.32. The van der Waals surface area contributed by atoms with Crippen molar-refractivity contribution < 1.29 is 14.0 Å². The van der Waals surface area contributed by atoms with Crippen LogP contribution in [0.3, 0.4) is 0 Å². The van der Waals surface area contributed by atoms with Gasteiger partial charge < -0.3 is 9.32 Å². The summed E-state index contributed by atoms with van der Waals surface area (Å²) in [6.07, 6.45) is 1.55. The van der Waals surface area contributed by atoms with E-state index in [0.29, 0.717) is 17.5 Å². The van der Waals surface area contributed by atoms with E-state index in [1.54, 1.807) is 17.0 Å². The largest absolute Gasteiger partial charge is 0.439 e. The summed E-state index contributed by atoms with van der Waals surface area (Å²) in [6, 6.07) is 16.5. The van der Waals surface area contributed by atoms with E-state index in [9.17, 15) is 14.9 Å². The van der Waals surface area contributed by atoms with Gasteiger partial charge >= 0.3 is 0 Å². The number of Topliss-reactive ketones (excluding diaryl/α,β-unsaturated/α-hetero) is 1. The average Bonchev–Trinajstić information content (AvgIpc) is 3.29. The molecule has 1 saturated heterocycles. The number of aromatic nitrogens is 1. The van der Waals surface area contributed by atoms with Gasteiger partial charge in [0.25, 0.3) is 0 Å². The van der Waals surface area contributed by atoms with Gasteiger partial charge in [-0.3, -0.25) is 9.59 Å². The maximum absolute atomic E-state index is 12.6. The molecule has 1 aliphatic heterocycles. The summed E-state index contributed by atoms with van der Waals surface area (Å²) < 4.78 is 5.58. The first-order valence-electron chi connectivity index (χ1n) is 8.83. The topological polar surface area (TPSA) is 87.2 Å². The van der Waals surface area contributed by atoms with E-state index in [2.05, 4.69) is 4.98 Å². The second-order valence-corrected chi connectivity index (χ2v) is 6.54. The lowest BCUT2D eigenvalue weighted by Gasteiger charge is -2.15. The van der Waals surface area contributed by atoms with Gasteiger partial charge in [-0.05, 0) is 36.2 Å². The molecule has 0 radical (unpaired) electrons. The number of nitrogens with zero attached hydrogens (tertiary/aromatic N) is 3. The van der Waals surface area contributed by atoms with Crippen molar-refractivity contribution in [3.63, 3.8) is 0 Å². The van der Waals surface area contributed by atoms with E-state index in [0.717, 1.165) is 24.2 Å². The van der Waals surface area contributed by atoms with Crippen molar-refractivity contribution in [2.75, 3.05) is 11.4 Å². The standard InChI is InChI=1S/C21H17N3O3/c22-13-16(21-23-17-4-1-2-5-19(17)27-21)18(25)12-14-7-9-15(10-8-14)24-11-3-6-20(24)26/h1-2,4-5,7-10,16H,3,6,11-12H2/t16-/m1/s1. The number of nitriles is 1. The van der Waals surface area contributed by atoms with Crippen LogP contribution in [0.5, 0.6) is 0 Å². The summed E-state index contributed by atoms with van der Waals surface area (Å²) in [6.45, 7) is 0.728. The van der Waals surface area contributed by atoms with Crippen LogP contribution in [0, 0.1) is 11.3 Å². The Labute approximate surface area is 156 Å². The number of amides is 1. The predicted octanol–water partition coefficient (Wildman–Crippen LogP) is 3.37. The molecule has 1 fully saturated rings. The fourth-order valence-corrected chi connectivity index (χ4v) is 3.30. The minimum Gasteiger partial charge on any atom is -0.439 e. The van der Waals surface area contributed by atoms with Crippen molar-refractivity contribution in [1.82, 2.24) is 4.98 Å². The van der Waals surface area contributed by atoms with Gasteiger partial charge in [-0.1, -0.05) is 24.3 Å². The Morgan fingerprint density at radius 3 is 2.67 bits per heavy atom. The van der Waals surface area contributed by atoms with Gasteiger partial charge in [0, 0.05) is 25.1 Å². The summed E-state index contributed by atoms with van der Waals surface area (Å²) in [4.78, 5) is 30.5. The zero-order valence-corrected chi connectivity index (χ0v) is 14.6. The monoisotopic (exact) mass is 359 g/mol. The molecule has 1 aliphatic rings. The van der Waals surface area contributed by atoms with E-state index < -0.39 is 5.92 Å². The highest BCUT2D eigenvalue weighted by atomic mass is 16.3. The van der Waals surface area contributed by atoms with Crippen molar-refractivity contribution in [2.45, 2.75) is 25.2 Å². The molecule has 27 heavy (non-hydrogen) atoms. The molecule has 134 valence electrons. The Balaban J connectivity index is 1.50. The van der Waals surface area contributed by atoms with Crippen LogP contribution >= 0.6 is 0 Å². The third-order valence-electron chi connectivity index (χ3n) is 4.71. The quantitative estimate of drug-likeness (QED) is 0.697. The molecule has 1 atom stereocenters. The molecule has 0 bridgehead atoms. The molecule has 0 unspecified atom stereocenters. The lowest BCUT2D eigenvalue weighted by Crippen LogP contribution is -2.23. The Morgan fingerprint density at radius 2 is 2.00 bits per heavy atom. The fourth-order valence-electron chi connectivity index (χ4n) is 3.30. The Morgan fingerprint density at radius 1 is 1.22 bits per heavy atom. The molecule has 6 heteroatoms. The predicted molar refractivity (Wildman–Crippen MR) is 99.1 cm³/mol. The lowest BCUT2D eigenvalue weighted by atomic mass is 9.98. The van der Waals surface area contributed by atoms with Crippen molar-refractivity contribution in [3.8, 4) is 6.07 Å². The number of rotatable bonds is 5. The van der Waals surface area contributed by atoms with Crippen LogP contribution in [0.4, 0.5) is 5.69 Å². The summed E-state index contributed by atoms with van der Waals surface area (Å²) in [5.74, 6) is -1.06. The number of carbonyl (C=O) groups is 2. The first kappa shape index (κ1) is 17.0. The van der Waals surface area contributed by atoms with E-state index >= 15 is 0 Å². The Kier molecular flexibility index (Phi) is 4.43. The molecule has 4 rings (SSSR count). The van der Waals surface area contributed by atoms with Gasteiger partial charge in [0.1, 0.15) is 5.52 Å². The minimum absolute atomic E-state index is 0.102. The number of fused-ring (bicyclic) bond motifs is 1. The molecular weight excluding hydrogens is 342 g/mol. The highest BCUT2D eigenvalue weighted by molar-refractivity contribution is 5.95. The van der Waals surface area contributed by atoms with Crippen LogP contribution < -0.4 is 4.90 Å². The SMILES string of the molecule is N#C[C@H](C(=O)Cc1ccc(N2CCCC2=O)cc1)c1nc2ccccc2o1. The van der Waals surface area contributed by atoms with Crippen LogP contribution in [0.15, 0.2) is 52.9 Å². The molecule has 0 aliphatic carbocycles. The van der Waals surface area contributed by atoms with Crippen molar-refractivity contribution in [1.29, 1.82) is 5.26 Å². The maximum atomic E-state index is 12.6. The number of hydrogen-bond donors (Lipinski definition) is 0. The second-order valence-electron chi connectivity index (χ2n) is 6.54. The van der Waals surface area contributed by atoms with Gasteiger partial charge in [0.05, 0.1) is 6.07 Å². The summed E-state index contributed by atoms with van der Waals surface area (Å²) in [5.41, 5.74) is 2.80. The Hall–Kier alpha value is -3.46. The number of anilines is 1. The second kappa shape index (κ2) is 7.04. The summed E-state index contributed by atoms with van der Waals surface area (Å²) in [5, 5.41) is 9.45. The molecule has 1 amide bonds. The van der Waals surface area contributed by atoms with Gasteiger partial charge in [0.2, 0.25) is 11.8 Å². The molecule has 2 aromatic carbocycles. The van der Waals surface area contributed by atoms with Crippen LogP contribution in [-0.4, -0.2) is 23.2 Å². The lowest BCUT2D eigenvalue weighted by molar-refractivity contribution is -0.119. The normalized spacial score (nSPS) is 15.1. The molecule has 0 N–H and O–H groups in total. The maximum Gasteiger partial charge on any atom is 0.227 e. The molecule has 0 saturated carbocycles. The summed E-state index contributed by atoms with van der Waals surface area (Å²) >= 11 is 0. The van der Waals surface area contributed by atoms with Crippen molar-refractivity contribution in [2.24, 2.45) is 0 Å². The van der Waals surface area contributed by atoms with Crippen LogP contribution in [0.25, 0.3) is 11.1 Å². The van der Waals surface area contributed by atoms with Crippen molar-refractivity contribution >= 4 is 28.5 Å². The molecule has 1 aromatic heterocycles. The number of para-hydroxylation sites is 2. The van der Waals surface area contributed by atoms with Crippen LogP contribution in [0.1, 0.15) is 30.2 Å². The molecule has 6 nitrogen and oxygen atoms in total. The van der Waals surface area contributed by atoms with Gasteiger partial charge in [-0.25, -0.2) is 4.98 Å². The van der Waals surface area contributed by atoms with Gasteiger partial charge in [-0.2, -0.15) is 5.26 Å². The number of hydrogen-bond acceptors (Lipinski definition) is 5. The Bertz CT molecular complexity index is 1010. The number of carbonyl (C=O) groups excluding carboxylic acids is 2. The highest BCUT2D eigenvalue weighted by Gasteiger charge is 2.26. The van der Waals surface area contributed by atoms with E-state index in [1.165, 1.54) is 0 Å². The average molecular weight is 359 g/mol. The van der Waals surface area contributed by atoms with Crippen molar-refractivity contribution in [3.05, 3.63) is 60.0 Å². The van der Waals surface area contributed by atoms with E-state index in [1.807, 2.05) is 42.5 Å². The zero-order valence-electron chi connectivity index (χ0n) is 14.6. The third-order valence-corrected chi connectivity index (χ3v) is 4.71. The zero-order chi connectivity index (χ0) is 18.8. The van der Waals surface area contributed by atoms with Crippen LogP contribution in [-0.2, 0) is 16.0 Å². The smallest absolute Gasteiger partial charge is 0.227 e. The van der Waals surface area contributed by atoms with E-state index in [-0.39, 0.29) is 24.0 Å². The number of benzene rings is 2. The van der Waals surface area contributed by atoms with Gasteiger partial charge in [0.15, 0.2) is 17.3 Å². The highest BCUT2D eigenvalue weighted by Crippen LogP contribution is 2.25. The number of ketones is 1. The molecular formula is C21H17N3O3. The summed E-state index contributed by atoms with van der Waals surface area (Å²) in [7, 11) is 0. The molecule has 0 spiro atoms. The fraction of sp³-hybridized carbons (Fsp3) is 0.238. The van der Waals surface area contributed by atoms with E-state index in [4.69, 9.17) is 4.42 Å². The number of oxazole rings is 1.